The summed E-state index contributed by atoms with van der Waals surface area (Å²) in [6.07, 6.45) is 4.29. The summed E-state index contributed by atoms with van der Waals surface area (Å²) >= 11 is 1.20. The Balaban J connectivity index is 1.43. The van der Waals surface area contributed by atoms with Gasteiger partial charge in [0.2, 0.25) is 5.91 Å². The zero-order valence-corrected chi connectivity index (χ0v) is 19.9. The number of halogens is 1. The van der Waals surface area contributed by atoms with Crippen molar-refractivity contribution < 1.29 is 14.0 Å². The molecule has 0 spiro atoms. The van der Waals surface area contributed by atoms with Crippen LogP contribution in [-0.2, 0) is 11.3 Å². The van der Waals surface area contributed by atoms with Gasteiger partial charge < -0.3 is 5.32 Å². The standard InChI is InChI=1S/C25H28FN5O2S/c1-17-7-5-6-10-21(17)27-24(33)28-22(32)16-34-25-30-29-23(19-11-13-20(26)14-12-19)31(25)15-18-8-3-2-4-9-18/h2-4,8-9,11-14,17,21H,5-7,10,15-16H2,1H3,(H2,27,28,32,33)/t17-,21+/m1/s1. The second-order valence-corrected chi connectivity index (χ2v) is 9.51. The molecule has 178 valence electrons. The highest BCUT2D eigenvalue weighted by atomic mass is 32.2. The maximum absolute atomic E-state index is 13.4. The van der Waals surface area contributed by atoms with Gasteiger partial charge in [0.25, 0.3) is 0 Å². The van der Waals surface area contributed by atoms with E-state index in [2.05, 4.69) is 27.8 Å². The monoisotopic (exact) mass is 481 g/mol. The van der Waals surface area contributed by atoms with Crippen LogP contribution in [-0.4, -0.2) is 38.5 Å². The molecule has 1 aromatic heterocycles. The quantitative estimate of drug-likeness (QED) is 0.481. The summed E-state index contributed by atoms with van der Waals surface area (Å²) in [4.78, 5) is 24.7. The highest BCUT2D eigenvalue weighted by Gasteiger charge is 2.23. The molecule has 2 N–H and O–H groups in total. The molecule has 1 heterocycles. The molecule has 9 heteroatoms. The van der Waals surface area contributed by atoms with E-state index in [9.17, 15) is 14.0 Å². The van der Waals surface area contributed by atoms with Crippen molar-refractivity contribution in [3.8, 4) is 11.4 Å². The Labute approximate surface area is 202 Å². The fourth-order valence-electron chi connectivity index (χ4n) is 4.14. The summed E-state index contributed by atoms with van der Waals surface area (Å²) in [6.45, 7) is 2.62. The van der Waals surface area contributed by atoms with Crippen molar-refractivity contribution in [1.29, 1.82) is 0 Å². The molecule has 7 nitrogen and oxygen atoms in total. The average Bonchev–Trinajstić information content (AvgIpc) is 3.22. The Hall–Kier alpha value is -3.20. The van der Waals surface area contributed by atoms with Crippen molar-refractivity contribution in [2.75, 3.05) is 5.75 Å². The van der Waals surface area contributed by atoms with Crippen molar-refractivity contribution in [3.05, 3.63) is 66.0 Å². The number of carbonyl (C=O) groups excluding carboxylic acids is 2. The number of thioether (sulfide) groups is 1. The van der Waals surface area contributed by atoms with Crippen LogP contribution in [0.2, 0.25) is 0 Å². The van der Waals surface area contributed by atoms with Crippen LogP contribution in [0.4, 0.5) is 9.18 Å². The lowest BCUT2D eigenvalue weighted by Crippen LogP contribution is -2.48. The first-order chi connectivity index (χ1) is 16.5. The number of aromatic nitrogens is 3. The summed E-state index contributed by atoms with van der Waals surface area (Å²) in [5, 5.41) is 14.5. The minimum atomic E-state index is -0.456. The molecule has 1 aliphatic rings. The molecular weight excluding hydrogens is 453 g/mol. The minimum Gasteiger partial charge on any atom is -0.335 e. The van der Waals surface area contributed by atoms with Crippen LogP contribution in [0.25, 0.3) is 11.4 Å². The van der Waals surface area contributed by atoms with Crippen molar-refractivity contribution in [3.63, 3.8) is 0 Å². The summed E-state index contributed by atoms with van der Waals surface area (Å²) in [5.74, 6) is 0.277. The summed E-state index contributed by atoms with van der Waals surface area (Å²) in [5.41, 5.74) is 1.76. The van der Waals surface area contributed by atoms with E-state index in [1.807, 2.05) is 34.9 Å². The average molecular weight is 482 g/mol. The summed E-state index contributed by atoms with van der Waals surface area (Å²) < 4.78 is 15.3. The van der Waals surface area contributed by atoms with Crippen LogP contribution in [0.1, 0.15) is 38.2 Å². The third kappa shape index (κ3) is 6.22. The molecule has 0 radical (unpaired) electrons. The van der Waals surface area contributed by atoms with Gasteiger partial charge in [-0.05, 0) is 48.6 Å². The molecular formula is C25H28FN5O2S. The summed E-state index contributed by atoms with van der Waals surface area (Å²) in [7, 11) is 0. The number of nitrogens with one attached hydrogen (secondary N) is 2. The maximum Gasteiger partial charge on any atom is 0.321 e. The third-order valence-electron chi connectivity index (χ3n) is 6.02. The smallest absolute Gasteiger partial charge is 0.321 e. The topological polar surface area (TPSA) is 88.9 Å². The van der Waals surface area contributed by atoms with E-state index < -0.39 is 11.9 Å². The van der Waals surface area contributed by atoms with E-state index in [4.69, 9.17) is 0 Å². The molecule has 2 aromatic carbocycles. The Bertz CT molecular complexity index is 1120. The molecule has 1 fully saturated rings. The molecule has 0 saturated heterocycles. The predicted molar refractivity (Wildman–Crippen MR) is 130 cm³/mol. The van der Waals surface area contributed by atoms with Crippen LogP contribution in [0.3, 0.4) is 0 Å². The number of benzene rings is 2. The molecule has 34 heavy (non-hydrogen) atoms. The molecule has 1 aliphatic carbocycles. The van der Waals surface area contributed by atoms with Gasteiger partial charge in [0.05, 0.1) is 12.3 Å². The Kier molecular flexibility index (Phi) is 7.95. The highest BCUT2D eigenvalue weighted by Crippen LogP contribution is 2.26. The van der Waals surface area contributed by atoms with Gasteiger partial charge in [0, 0.05) is 11.6 Å². The number of hydrogen-bond donors (Lipinski definition) is 2. The molecule has 0 bridgehead atoms. The molecule has 4 rings (SSSR count). The van der Waals surface area contributed by atoms with Gasteiger partial charge >= 0.3 is 6.03 Å². The van der Waals surface area contributed by atoms with E-state index in [-0.39, 0.29) is 17.6 Å². The molecule has 3 aromatic rings. The van der Waals surface area contributed by atoms with Crippen LogP contribution in [0, 0.1) is 11.7 Å². The van der Waals surface area contributed by atoms with Gasteiger partial charge in [0.1, 0.15) is 5.82 Å². The van der Waals surface area contributed by atoms with Crippen molar-refractivity contribution in [1.82, 2.24) is 25.4 Å². The first-order valence-electron chi connectivity index (χ1n) is 11.5. The minimum absolute atomic E-state index is 0.0178. The van der Waals surface area contributed by atoms with Crippen LogP contribution < -0.4 is 10.6 Å². The van der Waals surface area contributed by atoms with Gasteiger partial charge in [-0.3, -0.25) is 14.7 Å². The maximum atomic E-state index is 13.4. The van der Waals surface area contributed by atoms with E-state index in [0.717, 1.165) is 30.4 Å². The van der Waals surface area contributed by atoms with Crippen molar-refractivity contribution in [2.24, 2.45) is 5.92 Å². The molecule has 3 amide bonds. The number of urea groups is 1. The first kappa shape index (κ1) is 23.9. The van der Waals surface area contributed by atoms with Crippen LogP contribution in [0.15, 0.2) is 59.8 Å². The number of hydrogen-bond acceptors (Lipinski definition) is 5. The number of imide groups is 1. The molecule has 2 atom stereocenters. The second kappa shape index (κ2) is 11.3. The van der Waals surface area contributed by atoms with E-state index in [1.165, 1.54) is 30.3 Å². The van der Waals surface area contributed by atoms with Gasteiger partial charge in [-0.1, -0.05) is 61.9 Å². The lowest BCUT2D eigenvalue weighted by atomic mass is 9.86. The third-order valence-corrected chi connectivity index (χ3v) is 6.98. The molecule has 0 aliphatic heterocycles. The predicted octanol–water partition coefficient (Wildman–Crippen LogP) is 4.63. The molecule has 1 saturated carbocycles. The summed E-state index contributed by atoms with van der Waals surface area (Å²) in [6, 6.07) is 15.5. The van der Waals surface area contributed by atoms with Crippen molar-refractivity contribution >= 4 is 23.7 Å². The van der Waals surface area contributed by atoms with Crippen LogP contribution >= 0.6 is 11.8 Å². The lowest BCUT2D eigenvalue weighted by molar-refractivity contribution is -0.117. The number of amides is 3. The van der Waals surface area contributed by atoms with Gasteiger partial charge in [0.15, 0.2) is 11.0 Å². The van der Waals surface area contributed by atoms with E-state index >= 15 is 0 Å². The fourth-order valence-corrected chi connectivity index (χ4v) is 4.88. The highest BCUT2D eigenvalue weighted by molar-refractivity contribution is 7.99. The number of nitrogens with zero attached hydrogens (tertiary/aromatic N) is 3. The normalized spacial score (nSPS) is 17.8. The van der Waals surface area contributed by atoms with Gasteiger partial charge in [-0.15, -0.1) is 10.2 Å². The Morgan fingerprint density at radius 1 is 1.06 bits per heavy atom. The van der Waals surface area contributed by atoms with Gasteiger partial charge in [-0.25, -0.2) is 9.18 Å². The molecule has 0 unspecified atom stereocenters. The van der Waals surface area contributed by atoms with Crippen LogP contribution in [0.5, 0.6) is 0 Å². The second-order valence-electron chi connectivity index (χ2n) is 8.56. The number of carbonyl (C=O) groups is 2. The first-order valence-corrected chi connectivity index (χ1v) is 12.4. The SMILES string of the molecule is C[C@@H]1CCCC[C@@H]1NC(=O)NC(=O)CSc1nnc(-c2ccc(F)cc2)n1Cc1ccccc1. The van der Waals surface area contributed by atoms with Crippen molar-refractivity contribution in [2.45, 2.75) is 50.4 Å². The van der Waals surface area contributed by atoms with E-state index in [0.29, 0.717) is 23.4 Å². The zero-order chi connectivity index (χ0) is 23.9. The Morgan fingerprint density at radius 3 is 2.53 bits per heavy atom. The number of rotatable bonds is 7. The fraction of sp³-hybridized carbons (Fsp3) is 0.360. The zero-order valence-electron chi connectivity index (χ0n) is 19.0. The van der Waals surface area contributed by atoms with E-state index in [1.54, 1.807) is 12.1 Å². The van der Waals surface area contributed by atoms with Gasteiger partial charge in [-0.2, -0.15) is 0 Å². The largest absolute Gasteiger partial charge is 0.335 e. The Morgan fingerprint density at radius 2 is 1.79 bits per heavy atom. The lowest BCUT2D eigenvalue weighted by Gasteiger charge is -2.29.